The van der Waals surface area contributed by atoms with Crippen molar-refractivity contribution in [2.24, 2.45) is 11.8 Å². The number of amides is 2. The second kappa shape index (κ2) is 8.00. The lowest BCUT2D eigenvalue weighted by Gasteiger charge is -2.41. The lowest BCUT2D eigenvalue weighted by atomic mass is 9.75. The van der Waals surface area contributed by atoms with Crippen molar-refractivity contribution < 1.29 is 9.59 Å². The highest BCUT2D eigenvalue weighted by Crippen LogP contribution is 2.35. The molecule has 2 atom stereocenters. The molecule has 5 heteroatoms. The van der Waals surface area contributed by atoms with Crippen molar-refractivity contribution in [3.8, 4) is 0 Å². The Morgan fingerprint density at radius 2 is 1.76 bits per heavy atom. The highest BCUT2D eigenvalue weighted by molar-refractivity contribution is 5.96. The highest BCUT2D eigenvalue weighted by Gasteiger charge is 2.31. The van der Waals surface area contributed by atoms with Gasteiger partial charge in [-0.25, -0.2) is 0 Å². The standard InChI is InChI=1S/C20H29N3O2/c1-22(2)20(25)16-7-9-18(10-8-16)21-19(24)14-23-12-11-15-5-3-4-6-17(15)13-23/h7-10,15,17H,3-6,11-14H2,1-2H3,(H,21,24)/t15-,17+/m0/s1. The highest BCUT2D eigenvalue weighted by atomic mass is 16.2. The molecule has 0 spiro atoms. The lowest BCUT2D eigenvalue weighted by Crippen LogP contribution is -2.44. The van der Waals surface area contributed by atoms with E-state index in [0.717, 1.165) is 30.6 Å². The van der Waals surface area contributed by atoms with Gasteiger partial charge >= 0.3 is 0 Å². The summed E-state index contributed by atoms with van der Waals surface area (Å²) in [7, 11) is 3.46. The molecule has 1 saturated heterocycles. The number of piperidine rings is 1. The van der Waals surface area contributed by atoms with Crippen LogP contribution in [0, 0.1) is 11.8 Å². The fraction of sp³-hybridized carbons (Fsp3) is 0.600. The molecule has 1 saturated carbocycles. The molecule has 25 heavy (non-hydrogen) atoms. The Labute approximate surface area is 150 Å². The minimum Gasteiger partial charge on any atom is -0.345 e. The normalized spacial score (nSPS) is 23.6. The van der Waals surface area contributed by atoms with E-state index in [-0.39, 0.29) is 11.8 Å². The largest absolute Gasteiger partial charge is 0.345 e. The van der Waals surface area contributed by atoms with E-state index in [9.17, 15) is 9.59 Å². The van der Waals surface area contributed by atoms with Crippen LogP contribution in [0.4, 0.5) is 5.69 Å². The van der Waals surface area contributed by atoms with E-state index in [1.165, 1.54) is 32.1 Å². The predicted octanol–water partition coefficient (Wildman–Crippen LogP) is 2.84. The maximum atomic E-state index is 12.3. The smallest absolute Gasteiger partial charge is 0.253 e. The second-order valence-electron chi connectivity index (χ2n) is 7.65. The van der Waals surface area contributed by atoms with Gasteiger partial charge < -0.3 is 10.2 Å². The Bertz CT molecular complexity index is 612. The predicted molar refractivity (Wildman–Crippen MR) is 99.6 cm³/mol. The first-order valence-corrected chi connectivity index (χ1v) is 9.37. The summed E-state index contributed by atoms with van der Waals surface area (Å²) in [6, 6.07) is 7.10. The van der Waals surface area contributed by atoms with Gasteiger partial charge in [-0.05, 0) is 55.5 Å². The molecule has 1 aromatic rings. The average Bonchev–Trinajstić information content (AvgIpc) is 2.61. The van der Waals surface area contributed by atoms with Crippen LogP contribution in [-0.2, 0) is 4.79 Å². The van der Waals surface area contributed by atoms with Gasteiger partial charge in [0.15, 0.2) is 0 Å². The third kappa shape index (κ3) is 4.60. The summed E-state index contributed by atoms with van der Waals surface area (Å²) < 4.78 is 0. The van der Waals surface area contributed by atoms with Crippen LogP contribution in [0.5, 0.6) is 0 Å². The van der Waals surface area contributed by atoms with Crippen molar-refractivity contribution in [2.75, 3.05) is 39.0 Å². The summed E-state index contributed by atoms with van der Waals surface area (Å²) in [5.41, 5.74) is 1.37. The Hall–Kier alpha value is -1.88. The average molecular weight is 343 g/mol. The third-order valence-electron chi connectivity index (χ3n) is 5.56. The molecule has 2 fully saturated rings. The summed E-state index contributed by atoms with van der Waals surface area (Å²) in [6.07, 6.45) is 6.67. The summed E-state index contributed by atoms with van der Waals surface area (Å²) >= 11 is 0. The van der Waals surface area contributed by atoms with E-state index < -0.39 is 0 Å². The summed E-state index contributed by atoms with van der Waals surface area (Å²) in [6.45, 7) is 2.56. The van der Waals surface area contributed by atoms with Gasteiger partial charge in [0.1, 0.15) is 0 Å². The number of rotatable bonds is 4. The number of hydrogen-bond donors (Lipinski definition) is 1. The quantitative estimate of drug-likeness (QED) is 0.915. The number of nitrogens with one attached hydrogen (secondary N) is 1. The van der Waals surface area contributed by atoms with E-state index in [1.807, 2.05) is 0 Å². The number of nitrogens with zero attached hydrogens (tertiary/aromatic N) is 2. The first-order chi connectivity index (χ1) is 12.0. The third-order valence-corrected chi connectivity index (χ3v) is 5.56. The molecule has 1 aromatic carbocycles. The number of likely N-dealkylation sites (tertiary alicyclic amines) is 1. The summed E-state index contributed by atoms with van der Waals surface area (Å²) in [5, 5.41) is 2.95. The number of hydrogen-bond acceptors (Lipinski definition) is 3. The van der Waals surface area contributed by atoms with Crippen molar-refractivity contribution in [2.45, 2.75) is 32.1 Å². The molecule has 136 valence electrons. The van der Waals surface area contributed by atoms with E-state index in [0.29, 0.717) is 12.1 Å². The molecule has 1 aliphatic carbocycles. The van der Waals surface area contributed by atoms with Gasteiger partial charge in [-0.3, -0.25) is 14.5 Å². The zero-order valence-electron chi connectivity index (χ0n) is 15.3. The first-order valence-electron chi connectivity index (χ1n) is 9.37. The molecule has 1 N–H and O–H groups in total. The van der Waals surface area contributed by atoms with Gasteiger partial charge in [0.2, 0.25) is 5.91 Å². The van der Waals surface area contributed by atoms with Crippen LogP contribution in [-0.4, -0.2) is 55.3 Å². The monoisotopic (exact) mass is 343 g/mol. The van der Waals surface area contributed by atoms with E-state index >= 15 is 0 Å². The lowest BCUT2D eigenvalue weighted by molar-refractivity contribution is -0.118. The van der Waals surface area contributed by atoms with Crippen LogP contribution in [0.2, 0.25) is 0 Å². The van der Waals surface area contributed by atoms with Crippen LogP contribution in [0.3, 0.4) is 0 Å². The molecule has 0 radical (unpaired) electrons. The fourth-order valence-corrected chi connectivity index (χ4v) is 4.18. The number of anilines is 1. The van der Waals surface area contributed by atoms with Gasteiger partial charge in [0.25, 0.3) is 5.91 Å². The number of fused-ring (bicyclic) bond motifs is 1. The van der Waals surface area contributed by atoms with Crippen LogP contribution >= 0.6 is 0 Å². The van der Waals surface area contributed by atoms with Crippen molar-refractivity contribution in [3.05, 3.63) is 29.8 Å². The van der Waals surface area contributed by atoms with Gasteiger partial charge in [0, 0.05) is 31.9 Å². The van der Waals surface area contributed by atoms with Crippen molar-refractivity contribution >= 4 is 17.5 Å². The van der Waals surface area contributed by atoms with Crippen molar-refractivity contribution in [1.29, 1.82) is 0 Å². The molecule has 2 amide bonds. The summed E-state index contributed by atoms with van der Waals surface area (Å²) in [5.74, 6) is 1.66. The van der Waals surface area contributed by atoms with Crippen LogP contribution in [0.15, 0.2) is 24.3 Å². The Morgan fingerprint density at radius 1 is 1.08 bits per heavy atom. The Kier molecular flexibility index (Phi) is 5.74. The molecule has 5 nitrogen and oxygen atoms in total. The minimum atomic E-state index is -0.0340. The van der Waals surface area contributed by atoms with Crippen LogP contribution < -0.4 is 5.32 Å². The van der Waals surface area contributed by atoms with Crippen LogP contribution in [0.25, 0.3) is 0 Å². The van der Waals surface area contributed by atoms with Crippen molar-refractivity contribution in [3.63, 3.8) is 0 Å². The van der Waals surface area contributed by atoms with E-state index in [1.54, 1.807) is 43.3 Å². The molecular weight excluding hydrogens is 314 g/mol. The Balaban J connectivity index is 1.50. The van der Waals surface area contributed by atoms with Gasteiger partial charge in [-0.15, -0.1) is 0 Å². The SMILES string of the molecule is CN(C)C(=O)c1ccc(NC(=O)CN2CC[C@@H]3CCCC[C@@H]3C2)cc1. The molecule has 0 unspecified atom stereocenters. The second-order valence-corrected chi connectivity index (χ2v) is 7.65. The fourth-order valence-electron chi connectivity index (χ4n) is 4.18. The van der Waals surface area contributed by atoms with Gasteiger partial charge in [-0.2, -0.15) is 0 Å². The molecule has 0 bridgehead atoms. The van der Waals surface area contributed by atoms with E-state index in [4.69, 9.17) is 0 Å². The molecule has 1 heterocycles. The topological polar surface area (TPSA) is 52.7 Å². The van der Waals surface area contributed by atoms with Gasteiger partial charge in [0.05, 0.1) is 6.54 Å². The maximum Gasteiger partial charge on any atom is 0.253 e. The number of carbonyl (C=O) groups is 2. The number of carbonyl (C=O) groups excluding carboxylic acids is 2. The summed E-state index contributed by atoms with van der Waals surface area (Å²) in [4.78, 5) is 28.1. The number of benzene rings is 1. The van der Waals surface area contributed by atoms with E-state index in [2.05, 4.69) is 10.2 Å². The molecule has 1 aliphatic heterocycles. The Morgan fingerprint density at radius 3 is 2.44 bits per heavy atom. The van der Waals surface area contributed by atoms with Crippen LogP contribution in [0.1, 0.15) is 42.5 Å². The minimum absolute atomic E-state index is 0.0287. The molecule has 3 rings (SSSR count). The van der Waals surface area contributed by atoms with Gasteiger partial charge in [-0.1, -0.05) is 19.3 Å². The first kappa shape index (κ1) is 17.9. The zero-order chi connectivity index (χ0) is 17.8. The maximum absolute atomic E-state index is 12.3. The molecular formula is C20H29N3O2. The molecule has 0 aromatic heterocycles. The molecule has 2 aliphatic rings. The zero-order valence-corrected chi connectivity index (χ0v) is 15.3. The van der Waals surface area contributed by atoms with Crippen molar-refractivity contribution in [1.82, 2.24) is 9.80 Å².